The van der Waals surface area contributed by atoms with Crippen molar-refractivity contribution in [1.29, 1.82) is 0 Å². The predicted molar refractivity (Wildman–Crippen MR) is 78.1 cm³/mol. The zero-order chi connectivity index (χ0) is 13.2. The molecule has 2 aromatic carbocycles. The second kappa shape index (κ2) is 4.61. The zero-order valence-corrected chi connectivity index (χ0v) is 10.7. The van der Waals surface area contributed by atoms with E-state index in [4.69, 9.17) is 5.73 Å². The largest absolute Gasteiger partial charge is 0.399 e. The van der Waals surface area contributed by atoms with E-state index in [0.717, 1.165) is 28.3 Å². The third-order valence-electron chi connectivity index (χ3n) is 3.02. The molecule has 1 aromatic heterocycles. The number of anilines is 1. The highest BCUT2D eigenvalue weighted by atomic mass is 15.3. The van der Waals surface area contributed by atoms with Gasteiger partial charge in [-0.05, 0) is 31.2 Å². The Bertz CT molecular complexity index is 699. The van der Waals surface area contributed by atoms with E-state index in [1.807, 2.05) is 54.1 Å². The molecule has 0 aliphatic heterocycles. The molecule has 3 aromatic rings. The van der Waals surface area contributed by atoms with Gasteiger partial charge in [-0.15, -0.1) is 0 Å². The summed E-state index contributed by atoms with van der Waals surface area (Å²) in [6, 6.07) is 20.1. The molecule has 0 saturated carbocycles. The standard InChI is InChI=1S/C16H15N3/c1-12-10-16(13-6-3-2-4-7-13)19(18-12)15-9-5-8-14(17)11-15/h2-11H,17H2,1H3. The highest BCUT2D eigenvalue weighted by Gasteiger charge is 2.09. The number of rotatable bonds is 2. The van der Waals surface area contributed by atoms with Crippen LogP contribution in [0.25, 0.3) is 16.9 Å². The summed E-state index contributed by atoms with van der Waals surface area (Å²) in [5, 5.41) is 4.56. The van der Waals surface area contributed by atoms with E-state index in [9.17, 15) is 0 Å². The van der Waals surface area contributed by atoms with Crippen LogP contribution in [-0.2, 0) is 0 Å². The molecule has 0 unspecified atom stereocenters. The summed E-state index contributed by atoms with van der Waals surface area (Å²) in [6.45, 7) is 2.00. The normalized spacial score (nSPS) is 10.6. The quantitative estimate of drug-likeness (QED) is 0.707. The van der Waals surface area contributed by atoms with Crippen molar-refractivity contribution in [3.63, 3.8) is 0 Å². The van der Waals surface area contributed by atoms with Gasteiger partial charge in [-0.25, -0.2) is 4.68 Å². The molecule has 0 aliphatic carbocycles. The average Bonchev–Trinajstić information content (AvgIpc) is 2.82. The maximum atomic E-state index is 5.85. The van der Waals surface area contributed by atoms with Gasteiger partial charge in [0.15, 0.2) is 0 Å². The van der Waals surface area contributed by atoms with Crippen LogP contribution in [0, 0.1) is 6.92 Å². The molecule has 0 saturated heterocycles. The number of nitrogens with zero attached hydrogens (tertiary/aromatic N) is 2. The van der Waals surface area contributed by atoms with Gasteiger partial charge < -0.3 is 5.73 Å². The fourth-order valence-corrected chi connectivity index (χ4v) is 2.17. The first kappa shape index (κ1) is 11.5. The molecule has 3 heteroatoms. The predicted octanol–water partition coefficient (Wildman–Crippen LogP) is 3.43. The molecule has 2 N–H and O–H groups in total. The maximum Gasteiger partial charge on any atom is 0.0743 e. The highest BCUT2D eigenvalue weighted by Crippen LogP contribution is 2.24. The van der Waals surface area contributed by atoms with Crippen LogP contribution >= 0.6 is 0 Å². The van der Waals surface area contributed by atoms with Crippen molar-refractivity contribution in [1.82, 2.24) is 9.78 Å². The summed E-state index contributed by atoms with van der Waals surface area (Å²) in [6.07, 6.45) is 0. The number of hydrogen-bond acceptors (Lipinski definition) is 2. The minimum Gasteiger partial charge on any atom is -0.399 e. The summed E-state index contributed by atoms with van der Waals surface area (Å²) >= 11 is 0. The van der Waals surface area contributed by atoms with E-state index in [0.29, 0.717) is 0 Å². The molecular weight excluding hydrogens is 234 g/mol. The molecule has 0 bridgehead atoms. The zero-order valence-electron chi connectivity index (χ0n) is 10.7. The number of nitrogens with two attached hydrogens (primary N) is 1. The molecule has 0 aliphatic rings. The third kappa shape index (κ3) is 2.22. The van der Waals surface area contributed by atoms with Crippen LogP contribution in [0.3, 0.4) is 0 Å². The maximum absolute atomic E-state index is 5.85. The molecule has 0 atom stereocenters. The Balaban J connectivity index is 2.18. The molecule has 0 radical (unpaired) electrons. The average molecular weight is 249 g/mol. The van der Waals surface area contributed by atoms with E-state index in [-0.39, 0.29) is 0 Å². The monoisotopic (exact) mass is 249 g/mol. The van der Waals surface area contributed by atoms with Crippen LogP contribution in [0.2, 0.25) is 0 Å². The Morgan fingerprint density at radius 1 is 0.947 bits per heavy atom. The van der Waals surface area contributed by atoms with Gasteiger partial charge >= 0.3 is 0 Å². The van der Waals surface area contributed by atoms with Gasteiger partial charge in [0, 0.05) is 11.3 Å². The molecule has 3 rings (SSSR count). The minimum absolute atomic E-state index is 0.740. The van der Waals surface area contributed by atoms with Crippen LogP contribution in [0.15, 0.2) is 60.7 Å². The van der Waals surface area contributed by atoms with Gasteiger partial charge in [0.25, 0.3) is 0 Å². The first-order chi connectivity index (χ1) is 9.24. The molecule has 19 heavy (non-hydrogen) atoms. The summed E-state index contributed by atoms with van der Waals surface area (Å²) < 4.78 is 1.93. The number of aromatic nitrogens is 2. The third-order valence-corrected chi connectivity index (χ3v) is 3.02. The molecule has 94 valence electrons. The van der Waals surface area contributed by atoms with E-state index in [1.54, 1.807) is 0 Å². The van der Waals surface area contributed by atoms with Gasteiger partial charge in [0.2, 0.25) is 0 Å². The molecule has 0 fully saturated rings. The lowest BCUT2D eigenvalue weighted by Gasteiger charge is -2.08. The Hall–Kier alpha value is -2.55. The van der Waals surface area contributed by atoms with Crippen LogP contribution in [0.5, 0.6) is 0 Å². The van der Waals surface area contributed by atoms with Crippen molar-refractivity contribution in [3.05, 3.63) is 66.4 Å². The van der Waals surface area contributed by atoms with Crippen molar-refractivity contribution in [2.24, 2.45) is 0 Å². The topological polar surface area (TPSA) is 43.8 Å². The van der Waals surface area contributed by atoms with E-state index >= 15 is 0 Å². The minimum atomic E-state index is 0.740. The van der Waals surface area contributed by atoms with Gasteiger partial charge in [-0.3, -0.25) is 0 Å². The highest BCUT2D eigenvalue weighted by molar-refractivity contribution is 5.63. The number of benzene rings is 2. The lowest BCUT2D eigenvalue weighted by atomic mass is 10.1. The molecule has 3 nitrogen and oxygen atoms in total. The molecule has 0 spiro atoms. The molecular formula is C16H15N3. The van der Waals surface area contributed by atoms with Crippen LogP contribution < -0.4 is 5.73 Å². The van der Waals surface area contributed by atoms with Crippen LogP contribution in [-0.4, -0.2) is 9.78 Å². The Morgan fingerprint density at radius 3 is 2.47 bits per heavy atom. The van der Waals surface area contributed by atoms with Gasteiger partial charge in [0.1, 0.15) is 0 Å². The van der Waals surface area contributed by atoms with Crippen molar-refractivity contribution in [3.8, 4) is 16.9 Å². The van der Waals surface area contributed by atoms with Crippen molar-refractivity contribution in [2.75, 3.05) is 5.73 Å². The van der Waals surface area contributed by atoms with Crippen LogP contribution in [0.1, 0.15) is 5.69 Å². The SMILES string of the molecule is Cc1cc(-c2ccccc2)n(-c2cccc(N)c2)n1. The molecule has 0 amide bonds. The summed E-state index contributed by atoms with van der Waals surface area (Å²) in [7, 11) is 0. The van der Waals surface area contributed by atoms with Gasteiger partial charge in [0.05, 0.1) is 17.1 Å². The summed E-state index contributed by atoms with van der Waals surface area (Å²) in [4.78, 5) is 0. The van der Waals surface area contributed by atoms with E-state index < -0.39 is 0 Å². The summed E-state index contributed by atoms with van der Waals surface area (Å²) in [5.41, 5.74) is 10.8. The van der Waals surface area contributed by atoms with Gasteiger partial charge in [-0.2, -0.15) is 5.10 Å². The fourth-order valence-electron chi connectivity index (χ4n) is 2.17. The van der Waals surface area contributed by atoms with E-state index in [2.05, 4.69) is 23.3 Å². The van der Waals surface area contributed by atoms with Gasteiger partial charge in [-0.1, -0.05) is 36.4 Å². The van der Waals surface area contributed by atoms with Crippen molar-refractivity contribution >= 4 is 5.69 Å². The molecule has 1 heterocycles. The Morgan fingerprint density at radius 2 is 1.74 bits per heavy atom. The van der Waals surface area contributed by atoms with Crippen LogP contribution in [0.4, 0.5) is 5.69 Å². The lowest BCUT2D eigenvalue weighted by molar-refractivity contribution is 0.870. The van der Waals surface area contributed by atoms with Crippen molar-refractivity contribution < 1.29 is 0 Å². The number of aryl methyl sites for hydroxylation is 1. The number of hydrogen-bond donors (Lipinski definition) is 1. The Labute approximate surface area is 112 Å². The fraction of sp³-hybridized carbons (Fsp3) is 0.0625. The Kier molecular flexibility index (Phi) is 2.80. The second-order valence-corrected chi connectivity index (χ2v) is 4.54. The second-order valence-electron chi connectivity index (χ2n) is 4.54. The van der Waals surface area contributed by atoms with E-state index in [1.165, 1.54) is 0 Å². The summed E-state index contributed by atoms with van der Waals surface area (Å²) in [5.74, 6) is 0. The smallest absolute Gasteiger partial charge is 0.0743 e. The number of nitrogen functional groups attached to an aromatic ring is 1. The lowest BCUT2D eigenvalue weighted by Crippen LogP contribution is -2.00. The van der Waals surface area contributed by atoms with Crippen molar-refractivity contribution in [2.45, 2.75) is 6.92 Å². The first-order valence-electron chi connectivity index (χ1n) is 6.22. The first-order valence-corrected chi connectivity index (χ1v) is 6.22.